The summed E-state index contributed by atoms with van der Waals surface area (Å²) in [5.41, 5.74) is 2.27. The lowest BCUT2D eigenvalue weighted by molar-refractivity contribution is -0.138. The number of nitrogens with one attached hydrogen (secondary N) is 1. The highest BCUT2D eigenvalue weighted by Crippen LogP contribution is 2.33. The van der Waals surface area contributed by atoms with Gasteiger partial charge in [0.05, 0.1) is 20.8 Å². The minimum Gasteiger partial charge on any atom is -0.493 e. The highest BCUT2D eigenvalue weighted by atomic mass is 16.5. The van der Waals surface area contributed by atoms with Gasteiger partial charge >= 0.3 is 5.97 Å². The molecule has 2 N–H and O–H groups in total. The Morgan fingerprint density at radius 3 is 2.45 bits per heavy atom. The van der Waals surface area contributed by atoms with Crippen molar-refractivity contribution in [2.45, 2.75) is 13.0 Å². The van der Waals surface area contributed by atoms with Crippen LogP contribution in [0.1, 0.15) is 11.1 Å². The smallest absolute Gasteiger partial charge is 0.322 e. The van der Waals surface area contributed by atoms with Crippen molar-refractivity contribution < 1.29 is 24.2 Å². The summed E-state index contributed by atoms with van der Waals surface area (Å²) in [5, 5.41) is 10.9. The number of carboxylic acids is 1. The fraction of sp³-hybridized carbons (Fsp3) is 0.467. The van der Waals surface area contributed by atoms with Gasteiger partial charge in [-0.05, 0) is 29.7 Å². The van der Waals surface area contributed by atoms with E-state index in [4.69, 9.17) is 14.6 Å². The third kappa shape index (κ3) is 3.88. The predicted octanol–water partition coefficient (Wildman–Crippen LogP) is 0.263. The van der Waals surface area contributed by atoms with Crippen molar-refractivity contribution in [2.75, 3.05) is 33.9 Å². The van der Waals surface area contributed by atoms with Crippen LogP contribution in [0.3, 0.4) is 0 Å². The van der Waals surface area contributed by atoms with Gasteiger partial charge in [-0.1, -0.05) is 0 Å². The molecule has 0 aliphatic carbocycles. The standard InChI is InChI=1S/C15H20N2O5/c1-21-12-5-10-3-4-17(8-11(10)6-13(12)22-2)9-14(18)16-7-15(19)20/h5-6H,3-4,7-9H2,1-2H3,(H,16,18)(H,19,20). The summed E-state index contributed by atoms with van der Waals surface area (Å²) in [5.74, 6) is 0.0350. The molecule has 0 atom stereocenters. The Bertz CT molecular complexity index is 573. The van der Waals surface area contributed by atoms with Crippen molar-refractivity contribution in [2.24, 2.45) is 0 Å². The van der Waals surface area contributed by atoms with E-state index in [2.05, 4.69) is 5.32 Å². The van der Waals surface area contributed by atoms with Crippen LogP contribution in [0, 0.1) is 0 Å². The van der Waals surface area contributed by atoms with Crippen LogP contribution in [-0.4, -0.2) is 55.7 Å². The number of aliphatic carboxylic acids is 1. The molecule has 0 spiro atoms. The molecule has 1 amide bonds. The molecule has 1 aromatic rings. The SMILES string of the molecule is COc1cc2c(cc1OC)CN(CC(=O)NCC(=O)O)CC2. The van der Waals surface area contributed by atoms with E-state index in [1.54, 1.807) is 14.2 Å². The van der Waals surface area contributed by atoms with Crippen LogP contribution in [0.25, 0.3) is 0 Å². The maximum Gasteiger partial charge on any atom is 0.322 e. The lowest BCUT2D eigenvalue weighted by Gasteiger charge is -2.28. The fourth-order valence-electron chi connectivity index (χ4n) is 2.51. The van der Waals surface area contributed by atoms with Gasteiger partial charge in [0.25, 0.3) is 0 Å². The molecule has 22 heavy (non-hydrogen) atoms. The summed E-state index contributed by atoms with van der Waals surface area (Å²) in [6.07, 6.45) is 0.807. The topological polar surface area (TPSA) is 88.1 Å². The second-order valence-electron chi connectivity index (χ2n) is 5.11. The van der Waals surface area contributed by atoms with Crippen molar-refractivity contribution in [1.82, 2.24) is 10.2 Å². The lowest BCUT2D eigenvalue weighted by Crippen LogP contribution is -2.41. The van der Waals surface area contributed by atoms with E-state index in [9.17, 15) is 9.59 Å². The fourth-order valence-corrected chi connectivity index (χ4v) is 2.51. The molecule has 0 saturated heterocycles. The number of carbonyl (C=O) groups excluding carboxylic acids is 1. The number of methoxy groups -OCH3 is 2. The molecule has 0 saturated carbocycles. The third-order valence-electron chi connectivity index (χ3n) is 3.60. The Labute approximate surface area is 128 Å². The van der Waals surface area contributed by atoms with E-state index in [0.29, 0.717) is 18.0 Å². The van der Waals surface area contributed by atoms with Crippen molar-refractivity contribution in [3.63, 3.8) is 0 Å². The van der Waals surface area contributed by atoms with Crippen LogP contribution in [0.2, 0.25) is 0 Å². The molecule has 1 aliphatic rings. The van der Waals surface area contributed by atoms with Crippen molar-refractivity contribution in [3.8, 4) is 11.5 Å². The van der Waals surface area contributed by atoms with Gasteiger partial charge in [0.1, 0.15) is 6.54 Å². The number of carbonyl (C=O) groups is 2. The molecular weight excluding hydrogens is 288 g/mol. The van der Waals surface area contributed by atoms with Crippen LogP contribution in [0.5, 0.6) is 11.5 Å². The first kappa shape index (κ1) is 16.1. The summed E-state index contributed by atoms with van der Waals surface area (Å²) in [6.45, 7) is 1.19. The number of rotatable bonds is 6. The maximum absolute atomic E-state index is 11.7. The van der Waals surface area contributed by atoms with Crippen molar-refractivity contribution >= 4 is 11.9 Å². The van der Waals surface area contributed by atoms with Crippen molar-refractivity contribution in [3.05, 3.63) is 23.3 Å². The first-order chi connectivity index (χ1) is 10.5. The van der Waals surface area contributed by atoms with Gasteiger partial charge < -0.3 is 19.9 Å². The first-order valence-corrected chi connectivity index (χ1v) is 6.98. The van der Waals surface area contributed by atoms with E-state index < -0.39 is 5.97 Å². The summed E-state index contributed by atoms with van der Waals surface area (Å²) in [7, 11) is 3.19. The Morgan fingerprint density at radius 2 is 1.86 bits per heavy atom. The van der Waals surface area contributed by atoms with E-state index >= 15 is 0 Å². The highest BCUT2D eigenvalue weighted by molar-refractivity contribution is 5.82. The number of benzene rings is 1. The summed E-state index contributed by atoms with van der Waals surface area (Å²) < 4.78 is 10.6. The van der Waals surface area contributed by atoms with Crippen LogP contribution >= 0.6 is 0 Å². The Balaban J connectivity index is 2.01. The molecule has 1 aliphatic heterocycles. The number of hydrogen-bond acceptors (Lipinski definition) is 5. The molecule has 0 unspecified atom stereocenters. The van der Waals surface area contributed by atoms with Crippen LogP contribution < -0.4 is 14.8 Å². The van der Waals surface area contributed by atoms with E-state index in [-0.39, 0.29) is 19.0 Å². The molecule has 1 heterocycles. The number of amides is 1. The molecule has 7 heteroatoms. The zero-order chi connectivity index (χ0) is 16.1. The van der Waals surface area contributed by atoms with Gasteiger partial charge in [0.2, 0.25) is 5.91 Å². The number of nitrogens with zero attached hydrogens (tertiary/aromatic N) is 1. The molecule has 1 aromatic carbocycles. The second kappa shape index (κ2) is 7.13. The number of hydrogen-bond donors (Lipinski definition) is 2. The van der Waals surface area contributed by atoms with Gasteiger partial charge in [-0.25, -0.2) is 0 Å². The summed E-state index contributed by atoms with van der Waals surface area (Å²) in [6, 6.07) is 3.89. The van der Waals surface area contributed by atoms with Gasteiger partial charge in [0, 0.05) is 13.1 Å². The quantitative estimate of drug-likeness (QED) is 0.784. The van der Waals surface area contributed by atoms with E-state index in [0.717, 1.165) is 18.5 Å². The minimum absolute atomic E-state index is 0.182. The van der Waals surface area contributed by atoms with Gasteiger partial charge in [-0.3, -0.25) is 14.5 Å². The number of carboxylic acid groups (broad SMARTS) is 1. The average molecular weight is 308 g/mol. The van der Waals surface area contributed by atoms with Crippen LogP contribution in [0.4, 0.5) is 0 Å². The molecule has 120 valence electrons. The van der Waals surface area contributed by atoms with Crippen LogP contribution in [0.15, 0.2) is 12.1 Å². The molecular formula is C15H20N2O5. The van der Waals surface area contributed by atoms with E-state index in [1.165, 1.54) is 5.56 Å². The van der Waals surface area contributed by atoms with Gasteiger partial charge in [-0.15, -0.1) is 0 Å². The Morgan fingerprint density at radius 1 is 1.23 bits per heavy atom. The summed E-state index contributed by atoms with van der Waals surface area (Å²) >= 11 is 0. The number of fused-ring (bicyclic) bond motifs is 1. The largest absolute Gasteiger partial charge is 0.493 e. The maximum atomic E-state index is 11.7. The van der Waals surface area contributed by atoms with Crippen molar-refractivity contribution in [1.29, 1.82) is 0 Å². The van der Waals surface area contributed by atoms with Gasteiger partial charge in [0.15, 0.2) is 11.5 Å². The molecule has 2 rings (SSSR count). The highest BCUT2D eigenvalue weighted by Gasteiger charge is 2.21. The summed E-state index contributed by atoms with van der Waals surface area (Å²) in [4.78, 5) is 24.1. The monoisotopic (exact) mass is 308 g/mol. The Kier molecular flexibility index (Phi) is 5.21. The minimum atomic E-state index is -1.05. The zero-order valence-corrected chi connectivity index (χ0v) is 12.7. The molecule has 0 aromatic heterocycles. The normalized spacial score (nSPS) is 14.1. The molecule has 0 fully saturated rings. The number of ether oxygens (including phenoxy) is 2. The van der Waals surface area contributed by atoms with Crippen LogP contribution in [-0.2, 0) is 22.6 Å². The molecule has 0 bridgehead atoms. The molecule has 0 radical (unpaired) electrons. The van der Waals surface area contributed by atoms with Gasteiger partial charge in [-0.2, -0.15) is 0 Å². The van der Waals surface area contributed by atoms with E-state index in [1.807, 2.05) is 17.0 Å². The predicted molar refractivity (Wildman–Crippen MR) is 79.2 cm³/mol. The zero-order valence-electron chi connectivity index (χ0n) is 12.7. The average Bonchev–Trinajstić information content (AvgIpc) is 2.51. The molecule has 7 nitrogen and oxygen atoms in total. The first-order valence-electron chi connectivity index (χ1n) is 6.98. The Hall–Kier alpha value is -2.28. The third-order valence-corrected chi connectivity index (χ3v) is 3.60. The second-order valence-corrected chi connectivity index (χ2v) is 5.11. The lowest BCUT2D eigenvalue weighted by atomic mass is 9.99.